The Morgan fingerprint density at radius 1 is 0.968 bits per heavy atom. The third kappa shape index (κ3) is 5.14. The number of nitrogens with zero attached hydrogens (tertiary/aromatic N) is 4. The van der Waals surface area contributed by atoms with Crippen LogP contribution in [0.1, 0.15) is 88.3 Å². The molecule has 31 heavy (non-hydrogen) atoms. The molecule has 4 heterocycles. The maximum atomic E-state index is 13.0. The summed E-state index contributed by atoms with van der Waals surface area (Å²) in [4.78, 5) is 22.4. The van der Waals surface area contributed by atoms with E-state index in [-0.39, 0.29) is 5.41 Å². The fraction of sp³-hybridized carbons (Fsp3) is 0.875. The van der Waals surface area contributed by atoms with E-state index >= 15 is 0 Å². The average Bonchev–Trinajstić information content (AvgIpc) is 3.53. The van der Waals surface area contributed by atoms with E-state index in [4.69, 9.17) is 14.2 Å². The lowest BCUT2D eigenvalue weighted by atomic mass is 9.73. The molecule has 5 rings (SSSR count). The minimum Gasteiger partial charge on any atom is -0.381 e. The number of ether oxygens (including phenoxy) is 1. The molecule has 0 atom stereocenters. The minimum absolute atomic E-state index is 0.0204. The zero-order valence-corrected chi connectivity index (χ0v) is 18.9. The molecule has 7 nitrogen and oxygen atoms in total. The van der Waals surface area contributed by atoms with Crippen LogP contribution in [0.2, 0.25) is 0 Å². The van der Waals surface area contributed by atoms with Crippen molar-refractivity contribution in [3.8, 4) is 0 Å². The molecule has 4 fully saturated rings. The first-order chi connectivity index (χ1) is 15.2. The van der Waals surface area contributed by atoms with Crippen molar-refractivity contribution in [2.45, 2.75) is 82.0 Å². The summed E-state index contributed by atoms with van der Waals surface area (Å²) in [7, 11) is 0. The molecule has 0 unspecified atom stereocenters. The maximum Gasteiger partial charge on any atom is 0.236 e. The molecule has 0 bridgehead atoms. The Morgan fingerprint density at radius 2 is 1.68 bits per heavy atom. The summed E-state index contributed by atoms with van der Waals surface area (Å²) >= 11 is 0. The van der Waals surface area contributed by atoms with E-state index in [9.17, 15) is 4.79 Å². The quantitative estimate of drug-likeness (QED) is 0.688. The van der Waals surface area contributed by atoms with Crippen LogP contribution in [0, 0.1) is 5.92 Å². The second-order valence-corrected chi connectivity index (χ2v) is 10.3. The second kappa shape index (κ2) is 9.57. The van der Waals surface area contributed by atoms with Gasteiger partial charge in [-0.1, -0.05) is 30.8 Å². The molecule has 1 saturated carbocycles. The van der Waals surface area contributed by atoms with E-state index in [2.05, 4.69) is 15.0 Å². The van der Waals surface area contributed by atoms with Gasteiger partial charge in [-0.2, -0.15) is 4.98 Å². The van der Waals surface area contributed by atoms with Gasteiger partial charge in [0.15, 0.2) is 5.82 Å². The normalized spacial score (nSPS) is 26.0. The maximum absolute atomic E-state index is 13.0. The van der Waals surface area contributed by atoms with E-state index in [1.165, 1.54) is 38.5 Å². The minimum atomic E-state index is -0.0204. The molecule has 0 N–H and O–H groups in total. The van der Waals surface area contributed by atoms with Crippen LogP contribution in [-0.2, 0) is 14.9 Å². The number of amides is 1. The lowest BCUT2D eigenvalue weighted by Crippen LogP contribution is -2.49. The molecule has 1 amide bonds. The first-order valence-electron chi connectivity index (χ1n) is 12.6. The smallest absolute Gasteiger partial charge is 0.236 e. The highest BCUT2D eigenvalue weighted by molar-refractivity contribution is 5.78. The molecule has 3 saturated heterocycles. The second-order valence-electron chi connectivity index (χ2n) is 10.3. The van der Waals surface area contributed by atoms with Crippen molar-refractivity contribution in [1.29, 1.82) is 0 Å². The van der Waals surface area contributed by atoms with Gasteiger partial charge in [0.1, 0.15) is 0 Å². The molecule has 0 aromatic carbocycles. The van der Waals surface area contributed by atoms with Gasteiger partial charge in [-0.3, -0.25) is 9.69 Å². The van der Waals surface area contributed by atoms with Gasteiger partial charge in [-0.25, -0.2) is 0 Å². The molecule has 7 heteroatoms. The highest BCUT2D eigenvalue weighted by Crippen LogP contribution is 2.47. The lowest BCUT2D eigenvalue weighted by Gasteiger charge is -2.40. The predicted octanol–water partition coefficient (Wildman–Crippen LogP) is 3.50. The van der Waals surface area contributed by atoms with Gasteiger partial charge in [-0.15, -0.1) is 0 Å². The number of likely N-dealkylation sites (tertiary alicyclic amines) is 2. The lowest BCUT2D eigenvalue weighted by molar-refractivity contribution is -0.134. The Labute approximate surface area is 185 Å². The molecular formula is C24H38N4O3. The Morgan fingerprint density at radius 3 is 2.35 bits per heavy atom. The van der Waals surface area contributed by atoms with Crippen LogP contribution in [0.4, 0.5) is 0 Å². The SMILES string of the molecule is O=C(CN1CCCCCC1)N1CCC(CC2CC2)(c2noc(C3CCOCC3)n2)CC1. The van der Waals surface area contributed by atoms with Crippen molar-refractivity contribution in [2.24, 2.45) is 5.92 Å². The Bertz CT molecular complexity index is 725. The summed E-state index contributed by atoms with van der Waals surface area (Å²) in [6.07, 6.45) is 12.7. The highest BCUT2D eigenvalue weighted by Gasteiger charge is 2.45. The van der Waals surface area contributed by atoms with E-state index in [0.29, 0.717) is 18.4 Å². The van der Waals surface area contributed by atoms with Crippen molar-refractivity contribution < 1.29 is 14.1 Å². The van der Waals surface area contributed by atoms with E-state index in [1.54, 1.807) is 0 Å². The highest BCUT2D eigenvalue weighted by atomic mass is 16.5. The van der Waals surface area contributed by atoms with Gasteiger partial charge in [0.25, 0.3) is 0 Å². The molecule has 4 aliphatic rings. The zero-order chi connectivity index (χ0) is 21.1. The third-order valence-corrected chi connectivity index (χ3v) is 7.99. The molecule has 0 radical (unpaired) electrons. The molecule has 0 spiro atoms. The fourth-order valence-electron chi connectivity index (χ4n) is 5.72. The van der Waals surface area contributed by atoms with Crippen LogP contribution < -0.4 is 0 Å². The summed E-state index contributed by atoms with van der Waals surface area (Å²) in [5.41, 5.74) is -0.0204. The van der Waals surface area contributed by atoms with Crippen molar-refractivity contribution in [3.63, 3.8) is 0 Å². The summed E-state index contributed by atoms with van der Waals surface area (Å²) in [5.74, 6) is 3.14. The summed E-state index contributed by atoms with van der Waals surface area (Å²) in [6, 6.07) is 0. The fourth-order valence-corrected chi connectivity index (χ4v) is 5.72. The van der Waals surface area contributed by atoms with Gasteiger partial charge < -0.3 is 14.2 Å². The largest absolute Gasteiger partial charge is 0.381 e. The average molecular weight is 431 g/mol. The Hall–Kier alpha value is -1.47. The number of hydrogen-bond donors (Lipinski definition) is 0. The first-order valence-corrected chi connectivity index (χ1v) is 12.6. The van der Waals surface area contributed by atoms with E-state index in [1.807, 2.05) is 0 Å². The van der Waals surface area contributed by atoms with Gasteiger partial charge in [-0.05, 0) is 64.0 Å². The van der Waals surface area contributed by atoms with Crippen LogP contribution >= 0.6 is 0 Å². The molecule has 1 aliphatic carbocycles. The van der Waals surface area contributed by atoms with Crippen LogP contribution in [0.3, 0.4) is 0 Å². The Balaban J connectivity index is 1.23. The van der Waals surface area contributed by atoms with Gasteiger partial charge in [0.2, 0.25) is 11.8 Å². The number of rotatable bonds is 6. The van der Waals surface area contributed by atoms with Gasteiger partial charge >= 0.3 is 0 Å². The molecule has 1 aromatic rings. The number of carbonyl (C=O) groups is 1. The predicted molar refractivity (Wildman–Crippen MR) is 117 cm³/mol. The molecular weight excluding hydrogens is 392 g/mol. The number of carbonyl (C=O) groups excluding carboxylic acids is 1. The summed E-state index contributed by atoms with van der Waals surface area (Å²) < 4.78 is 11.3. The molecule has 3 aliphatic heterocycles. The van der Waals surface area contributed by atoms with E-state index in [0.717, 1.165) is 89.1 Å². The molecule has 172 valence electrons. The van der Waals surface area contributed by atoms with Gasteiger partial charge in [0.05, 0.1) is 6.54 Å². The third-order valence-electron chi connectivity index (χ3n) is 7.99. The van der Waals surface area contributed by atoms with Gasteiger partial charge in [0, 0.05) is 37.6 Å². The zero-order valence-electron chi connectivity index (χ0n) is 18.9. The first kappa shape index (κ1) is 21.4. The van der Waals surface area contributed by atoms with E-state index < -0.39 is 0 Å². The number of piperidine rings is 1. The van der Waals surface area contributed by atoms with Crippen molar-refractivity contribution in [1.82, 2.24) is 19.9 Å². The number of hydrogen-bond acceptors (Lipinski definition) is 6. The topological polar surface area (TPSA) is 71.7 Å². The Kier molecular flexibility index (Phi) is 6.60. The van der Waals surface area contributed by atoms with Crippen LogP contribution in [0.5, 0.6) is 0 Å². The van der Waals surface area contributed by atoms with Crippen LogP contribution in [0.25, 0.3) is 0 Å². The van der Waals surface area contributed by atoms with Crippen molar-refractivity contribution >= 4 is 5.91 Å². The monoisotopic (exact) mass is 430 g/mol. The van der Waals surface area contributed by atoms with Crippen molar-refractivity contribution in [3.05, 3.63) is 11.7 Å². The summed E-state index contributed by atoms with van der Waals surface area (Å²) in [5, 5.41) is 4.50. The molecule has 1 aromatic heterocycles. The summed E-state index contributed by atoms with van der Waals surface area (Å²) in [6.45, 7) is 5.94. The number of aromatic nitrogens is 2. The van der Waals surface area contributed by atoms with Crippen molar-refractivity contribution in [2.75, 3.05) is 45.9 Å². The standard InChI is InChI=1S/C24H38N4O3/c29-21(18-27-11-3-1-2-4-12-27)28-13-9-24(10-14-28,17-19-5-6-19)23-25-22(31-26-23)20-7-15-30-16-8-20/h19-20H,1-18H2. The van der Waals surface area contributed by atoms with Crippen LogP contribution in [0.15, 0.2) is 4.52 Å². The van der Waals surface area contributed by atoms with Crippen LogP contribution in [-0.4, -0.2) is 71.8 Å².